The second-order valence-corrected chi connectivity index (χ2v) is 31.3. The van der Waals surface area contributed by atoms with Crippen molar-refractivity contribution >= 4 is 126 Å². The van der Waals surface area contributed by atoms with E-state index in [1.807, 2.05) is 17.9 Å². The van der Waals surface area contributed by atoms with E-state index in [1.54, 1.807) is 33.7 Å². The summed E-state index contributed by atoms with van der Waals surface area (Å²) >= 11 is 0. The molecule has 4 aliphatic rings. The Balaban J connectivity index is 0.000000281. The zero-order chi connectivity index (χ0) is 73.3. The molecule has 0 saturated carbocycles. The molecule has 0 unspecified atom stereocenters. The Labute approximate surface area is 604 Å². The number of aromatic nitrogens is 8. The van der Waals surface area contributed by atoms with E-state index >= 15 is 0 Å². The standard InChI is InChI=1S/2C16H22N4O2S.C15H19N5O4S.C15H21N5O2S.2CO2.3CH4/c2*1-12-9-14-15(10-13(12)2)17-11-18-16(14)19-5-4-6-20(8-7-19)23(3,21)22;1-11-7-12-13(8-14(11)24-10-21)17-9-18-15(12)19-3-2-4-20(6-5-19)25(16,22)23;1-11-8-13-14(9-12(11)2)17-10-18-15(13)19-4-3-5-20(7-6-19)23(16,21)22;2*2-1-3;;;/h2*9-11H,4-8H2,1-3H3;7-10H,2-6H2,1H3,(H2,16,22,23);8-10H,3-7H2,1-2H3,(H2,16,21,22);;;3*1H4. The molecule has 0 spiro atoms. The van der Waals surface area contributed by atoms with E-state index in [4.69, 9.17) is 34.2 Å². The first-order valence-corrected chi connectivity index (χ1v) is 38.5. The number of nitrogens with zero attached hydrogens (tertiary/aromatic N) is 16. The van der Waals surface area contributed by atoms with Gasteiger partial charge in [-0.2, -0.15) is 44.6 Å². The zero-order valence-electron chi connectivity index (χ0n) is 57.3. The van der Waals surface area contributed by atoms with Crippen LogP contribution in [0.2, 0.25) is 0 Å². The van der Waals surface area contributed by atoms with Gasteiger partial charge in [-0.15, -0.1) is 0 Å². The van der Waals surface area contributed by atoms with Crippen LogP contribution < -0.4 is 34.6 Å². The molecule has 4 saturated heterocycles. The van der Waals surface area contributed by atoms with Crippen molar-refractivity contribution in [2.75, 3.05) is 137 Å². The van der Waals surface area contributed by atoms with Gasteiger partial charge in [0.25, 0.3) is 26.9 Å². The number of hydrogen-bond donors (Lipinski definition) is 2. The fraction of sp³-hybridized carbons (Fsp3) is 0.478. The Bertz CT molecular complexity index is 4440. The Morgan fingerprint density at radius 1 is 0.350 bits per heavy atom. The summed E-state index contributed by atoms with van der Waals surface area (Å²) in [5.41, 5.74) is 11.4. The van der Waals surface area contributed by atoms with Crippen LogP contribution >= 0.6 is 0 Å². The third-order valence-electron chi connectivity index (χ3n) is 17.5. The lowest BCUT2D eigenvalue weighted by Gasteiger charge is -2.23. The maximum Gasteiger partial charge on any atom is 0.373 e. The van der Waals surface area contributed by atoms with Crippen molar-refractivity contribution in [2.24, 2.45) is 10.3 Å². The second kappa shape index (κ2) is 38.7. The van der Waals surface area contributed by atoms with Gasteiger partial charge < -0.3 is 24.3 Å². The van der Waals surface area contributed by atoms with Crippen molar-refractivity contribution in [3.05, 3.63) is 113 Å². The number of rotatable bonds is 10. The Morgan fingerprint density at radius 3 is 0.835 bits per heavy atom. The molecule has 4 aromatic carbocycles. The Kier molecular flexibility index (Phi) is 32.5. The molecule has 8 aromatic rings. The average molecular weight is 1510 g/mol. The first kappa shape index (κ1) is 86.6. The first-order chi connectivity index (χ1) is 47.3. The van der Waals surface area contributed by atoms with Crippen LogP contribution in [0.3, 0.4) is 0 Å². The van der Waals surface area contributed by atoms with Crippen LogP contribution in [0.15, 0.2) is 73.8 Å². The molecule has 4 N–H and O–H groups in total. The van der Waals surface area contributed by atoms with Crippen LogP contribution in [0.5, 0.6) is 5.75 Å². The number of benzene rings is 4. The van der Waals surface area contributed by atoms with Gasteiger partial charge in [-0.1, -0.05) is 22.3 Å². The maximum atomic E-state index is 11.8. The van der Waals surface area contributed by atoms with Gasteiger partial charge in [0.05, 0.1) is 34.6 Å². The number of fused-ring (bicyclic) bond motifs is 4. The van der Waals surface area contributed by atoms with Gasteiger partial charge in [0.15, 0.2) is 0 Å². The van der Waals surface area contributed by atoms with E-state index in [-0.39, 0.29) is 34.6 Å². The Morgan fingerprint density at radius 2 is 0.583 bits per heavy atom. The molecule has 4 aliphatic heterocycles. The third kappa shape index (κ3) is 23.4. The van der Waals surface area contributed by atoms with Gasteiger partial charge in [0, 0.05) is 132 Å². The summed E-state index contributed by atoms with van der Waals surface area (Å²) in [5.74, 6) is 3.82. The monoisotopic (exact) mass is 1500 g/mol. The highest BCUT2D eigenvalue weighted by atomic mass is 32.2. The molecule has 0 aliphatic carbocycles. The summed E-state index contributed by atoms with van der Waals surface area (Å²) in [4.78, 5) is 86.7. The van der Waals surface area contributed by atoms with Crippen LogP contribution in [0, 0.1) is 48.5 Å². The normalized spacial score (nSPS) is 15.9. The quantitative estimate of drug-likeness (QED) is 0.163. The molecule has 0 amide bonds. The molecule has 4 aromatic heterocycles. The van der Waals surface area contributed by atoms with E-state index in [1.165, 1.54) is 60.8 Å². The van der Waals surface area contributed by atoms with Crippen LogP contribution in [0.25, 0.3) is 43.6 Å². The van der Waals surface area contributed by atoms with Gasteiger partial charge in [0.1, 0.15) is 54.3 Å². The van der Waals surface area contributed by atoms with Crippen molar-refractivity contribution in [3.63, 3.8) is 0 Å². The summed E-state index contributed by atoms with van der Waals surface area (Å²) in [7, 11) is -13.6. The fourth-order valence-electron chi connectivity index (χ4n) is 11.9. The largest absolute Gasteiger partial charge is 0.428 e. The molecular weight excluding hydrogens is 1410 g/mol. The molecule has 103 heavy (non-hydrogen) atoms. The highest BCUT2D eigenvalue weighted by Crippen LogP contribution is 2.33. The molecule has 12 rings (SSSR count). The molecule has 36 heteroatoms. The molecule has 4 fully saturated rings. The average Bonchev–Trinajstić information content (AvgIpc) is 1.51. The van der Waals surface area contributed by atoms with E-state index in [9.17, 15) is 38.5 Å². The van der Waals surface area contributed by atoms with Crippen molar-refractivity contribution in [1.29, 1.82) is 0 Å². The number of carbonyl (C=O) groups excluding carboxylic acids is 5. The third-order valence-corrected chi connectivity index (χ3v) is 22.2. The van der Waals surface area contributed by atoms with Gasteiger partial charge in [-0.3, -0.25) is 4.79 Å². The molecule has 8 heterocycles. The van der Waals surface area contributed by atoms with Crippen LogP contribution in [0.1, 0.15) is 86.9 Å². The number of sulfonamides is 2. The summed E-state index contributed by atoms with van der Waals surface area (Å²) in [6, 6.07) is 16.1. The van der Waals surface area contributed by atoms with Crippen LogP contribution in [0.4, 0.5) is 23.3 Å². The summed E-state index contributed by atoms with van der Waals surface area (Å²) in [6.45, 7) is 23.6. The highest BCUT2D eigenvalue weighted by Gasteiger charge is 2.28. The smallest absolute Gasteiger partial charge is 0.373 e. The minimum absolute atomic E-state index is 0. The number of nitrogens with two attached hydrogens (primary N) is 2. The van der Waals surface area contributed by atoms with E-state index in [2.05, 4.69) is 133 Å². The minimum Gasteiger partial charge on any atom is -0.428 e. The maximum absolute atomic E-state index is 11.8. The number of anilines is 4. The predicted octanol–water partition coefficient (Wildman–Crippen LogP) is 5.33. The van der Waals surface area contributed by atoms with Gasteiger partial charge >= 0.3 is 12.3 Å². The SMILES string of the molecule is C.C.C.Cc1cc2c(N3CCCN(S(N)(=O)=O)CC3)ncnc2cc1OC=O.Cc1cc2ncnc(N3CCCN(S(C)(=O)=O)CC3)c2cc1C.Cc1cc2ncnc(N3CCCN(S(C)(=O)=O)CC3)c2cc1C.Cc1cc2ncnc(N3CCCN(S(N)(=O)=O)CC3)c2cc1C.O=C=O.O=C=O. The highest BCUT2D eigenvalue weighted by molar-refractivity contribution is 7.88. The first-order valence-electron chi connectivity index (χ1n) is 31.8. The summed E-state index contributed by atoms with van der Waals surface area (Å²) in [6.07, 6.45) is 12.2. The number of ether oxygens (including phenoxy) is 1. The predicted molar refractivity (Wildman–Crippen MR) is 398 cm³/mol. The minimum atomic E-state index is -3.69. The number of hydrogen-bond acceptors (Lipinski definition) is 26. The van der Waals surface area contributed by atoms with Crippen LogP contribution in [-0.2, 0) is 64.4 Å². The van der Waals surface area contributed by atoms with Crippen LogP contribution in [-0.4, -0.2) is 227 Å². The van der Waals surface area contributed by atoms with E-state index in [0.717, 1.165) is 99.4 Å². The summed E-state index contributed by atoms with van der Waals surface area (Å²) < 4.78 is 104. The lowest BCUT2D eigenvalue weighted by Crippen LogP contribution is -2.39. The molecule has 32 nitrogen and oxygen atoms in total. The van der Waals surface area contributed by atoms with Gasteiger partial charge in [-0.25, -0.2) is 75.6 Å². The lowest BCUT2D eigenvalue weighted by atomic mass is 10.1. The zero-order valence-corrected chi connectivity index (χ0v) is 60.6. The van der Waals surface area contributed by atoms with Gasteiger partial charge in [-0.05, 0) is 156 Å². The number of carbonyl (C=O) groups is 1. The van der Waals surface area contributed by atoms with Crippen molar-refractivity contribution in [2.45, 2.75) is 96.4 Å². The van der Waals surface area contributed by atoms with E-state index in [0.29, 0.717) is 116 Å². The molecule has 0 atom stereocenters. The van der Waals surface area contributed by atoms with E-state index < -0.39 is 40.5 Å². The second-order valence-electron chi connectivity index (χ2n) is 24.2. The van der Waals surface area contributed by atoms with Crippen molar-refractivity contribution in [3.8, 4) is 5.75 Å². The Hall–Kier alpha value is -8.77. The lowest BCUT2D eigenvalue weighted by molar-refractivity contribution is -0.193. The molecule has 562 valence electrons. The fourth-order valence-corrected chi connectivity index (χ4v) is 15.1. The van der Waals surface area contributed by atoms with Crippen molar-refractivity contribution < 1.29 is 62.4 Å². The number of aryl methyl sites for hydroxylation is 7. The summed E-state index contributed by atoms with van der Waals surface area (Å²) in [5, 5.41) is 14.4. The van der Waals surface area contributed by atoms with Crippen molar-refractivity contribution in [1.82, 2.24) is 57.1 Å². The molecule has 0 bridgehead atoms. The molecular formula is C67H96N18O14S4. The topological polar surface area (TPSA) is 412 Å². The van der Waals surface area contributed by atoms with Gasteiger partial charge in [0.2, 0.25) is 20.0 Å². The molecule has 0 radical (unpaired) electrons.